The molecule has 2 saturated heterocycles. The summed E-state index contributed by atoms with van der Waals surface area (Å²) in [5, 5.41) is 15.1. The van der Waals surface area contributed by atoms with Crippen LogP contribution in [0.4, 0.5) is 0 Å². The molecule has 2 unspecified atom stereocenters. The second-order valence-electron chi connectivity index (χ2n) is 6.11. The molecule has 0 amide bonds. The van der Waals surface area contributed by atoms with Gasteiger partial charge in [0.1, 0.15) is 12.4 Å². The fraction of sp³-hybridized carbons (Fsp3) is 0.800. The molecule has 0 saturated carbocycles. The van der Waals surface area contributed by atoms with E-state index in [0.717, 1.165) is 63.2 Å². The fourth-order valence-electron chi connectivity index (χ4n) is 2.75. The molecule has 0 aliphatic carbocycles. The number of hydrogen-bond donors (Lipinski definition) is 2. The van der Waals surface area contributed by atoms with Crippen molar-refractivity contribution in [1.82, 2.24) is 25.4 Å². The molecule has 3 heterocycles. The van der Waals surface area contributed by atoms with Gasteiger partial charge in [0.15, 0.2) is 11.8 Å². The van der Waals surface area contributed by atoms with Gasteiger partial charge in [-0.15, -0.1) is 34.2 Å². The summed E-state index contributed by atoms with van der Waals surface area (Å²) < 4.78 is 13.0. The number of halogens is 1. The number of ether oxygens (including phenoxy) is 2. The molecule has 0 spiro atoms. The second kappa shape index (κ2) is 9.52. The molecule has 136 valence electrons. The number of rotatable bonds is 5. The standard InChI is InChI=1S/C15H26N6O2.HI/c1-11-19-20-14(21(11)2)9-17-15(18-12-5-7-22-10-12)16-8-13-4-3-6-23-13;/h12-13H,3-10H2,1-2H3,(H2,16,17,18);1H. The zero-order valence-electron chi connectivity index (χ0n) is 14.3. The molecule has 0 aromatic carbocycles. The van der Waals surface area contributed by atoms with E-state index < -0.39 is 0 Å². The highest BCUT2D eigenvalue weighted by atomic mass is 127. The van der Waals surface area contributed by atoms with Crippen LogP contribution in [0.15, 0.2) is 4.99 Å². The van der Waals surface area contributed by atoms with Crippen LogP contribution in [0.25, 0.3) is 0 Å². The Balaban J connectivity index is 0.00000208. The van der Waals surface area contributed by atoms with Gasteiger partial charge in [-0.25, -0.2) is 4.99 Å². The number of aliphatic imine (C=N–C) groups is 1. The Labute approximate surface area is 159 Å². The molecular weight excluding hydrogens is 423 g/mol. The third-order valence-corrected chi connectivity index (χ3v) is 4.35. The molecule has 1 aromatic rings. The van der Waals surface area contributed by atoms with Crippen LogP contribution in [-0.2, 0) is 23.1 Å². The molecule has 2 N–H and O–H groups in total. The van der Waals surface area contributed by atoms with E-state index in [4.69, 9.17) is 9.47 Å². The molecule has 0 bridgehead atoms. The summed E-state index contributed by atoms with van der Waals surface area (Å²) in [4.78, 5) is 4.65. The van der Waals surface area contributed by atoms with Gasteiger partial charge in [0.05, 0.1) is 18.8 Å². The Kier molecular flexibility index (Phi) is 7.69. The first-order valence-corrected chi connectivity index (χ1v) is 8.31. The van der Waals surface area contributed by atoms with E-state index in [9.17, 15) is 0 Å². The Morgan fingerprint density at radius 3 is 2.83 bits per heavy atom. The average Bonchev–Trinajstić information content (AvgIpc) is 3.28. The molecule has 2 fully saturated rings. The van der Waals surface area contributed by atoms with E-state index in [2.05, 4.69) is 25.8 Å². The van der Waals surface area contributed by atoms with E-state index in [1.807, 2.05) is 18.5 Å². The first-order valence-electron chi connectivity index (χ1n) is 8.31. The molecule has 2 atom stereocenters. The third-order valence-electron chi connectivity index (χ3n) is 4.35. The van der Waals surface area contributed by atoms with Crippen LogP contribution in [0.1, 0.15) is 30.9 Å². The van der Waals surface area contributed by atoms with Gasteiger partial charge in [0.25, 0.3) is 0 Å². The highest BCUT2D eigenvalue weighted by Crippen LogP contribution is 2.10. The second-order valence-corrected chi connectivity index (χ2v) is 6.11. The van der Waals surface area contributed by atoms with E-state index in [-0.39, 0.29) is 30.1 Å². The quantitative estimate of drug-likeness (QED) is 0.391. The lowest BCUT2D eigenvalue weighted by atomic mass is 10.2. The Hall–Kier alpha value is -0.940. The SMILES string of the molecule is Cc1nnc(CN=C(NCC2CCCO2)NC2CCOC2)n1C.I. The van der Waals surface area contributed by atoms with Crippen molar-refractivity contribution in [2.75, 3.05) is 26.4 Å². The largest absolute Gasteiger partial charge is 0.379 e. The van der Waals surface area contributed by atoms with Gasteiger partial charge in [-0.1, -0.05) is 0 Å². The van der Waals surface area contributed by atoms with Crippen molar-refractivity contribution in [3.63, 3.8) is 0 Å². The molecule has 2 aliphatic rings. The summed E-state index contributed by atoms with van der Waals surface area (Å²) in [6, 6.07) is 0.312. The summed E-state index contributed by atoms with van der Waals surface area (Å²) in [6.07, 6.45) is 3.53. The lowest BCUT2D eigenvalue weighted by molar-refractivity contribution is 0.113. The van der Waals surface area contributed by atoms with Crippen LogP contribution in [-0.4, -0.2) is 59.2 Å². The molecule has 1 aromatic heterocycles. The highest BCUT2D eigenvalue weighted by molar-refractivity contribution is 14.0. The minimum absolute atomic E-state index is 0. The number of nitrogens with one attached hydrogen (secondary N) is 2. The van der Waals surface area contributed by atoms with Crippen molar-refractivity contribution in [3.8, 4) is 0 Å². The maximum atomic E-state index is 5.66. The molecule has 24 heavy (non-hydrogen) atoms. The Morgan fingerprint density at radius 2 is 2.21 bits per heavy atom. The lowest BCUT2D eigenvalue weighted by Gasteiger charge is -2.18. The fourth-order valence-corrected chi connectivity index (χ4v) is 2.75. The lowest BCUT2D eigenvalue weighted by Crippen LogP contribution is -2.46. The summed E-state index contributed by atoms with van der Waals surface area (Å²) >= 11 is 0. The molecule has 9 heteroatoms. The maximum absolute atomic E-state index is 5.66. The maximum Gasteiger partial charge on any atom is 0.192 e. The van der Waals surface area contributed by atoms with Crippen molar-refractivity contribution in [1.29, 1.82) is 0 Å². The monoisotopic (exact) mass is 450 g/mol. The van der Waals surface area contributed by atoms with Crippen LogP contribution >= 0.6 is 24.0 Å². The van der Waals surface area contributed by atoms with Crippen molar-refractivity contribution in [3.05, 3.63) is 11.6 Å². The van der Waals surface area contributed by atoms with E-state index >= 15 is 0 Å². The smallest absolute Gasteiger partial charge is 0.192 e. The van der Waals surface area contributed by atoms with Crippen LogP contribution in [0.2, 0.25) is 0 Å². The van der Waals surface area contributed by atoms with Crippen molar-refractivity contribution in [2.45, 2.75) is 44.9 Å². The van der Waals surface area contributed by atoms with Gasteiger partial charge in [0.2, 0.25) is 0 Å². The Bertz CT molecular complexity index is 538. The number of aromatic nitrogens is 3. The Morgan fingerprint density at radius 1 is 1.33 bits per heavy atom. The van der Waals surface area contributed by atoms with Gasteiger partial charge in [-0.3, -0.25) is 0 Å². The minimum Gasteiger partial charge on any atom is -0.379 e. The average molecular weight is 450 g/mol. The number of hydrogen-bond acceptors (Lipinski definition) is 5. The van der Waals surface area contributed by atoms with Gasteiger partial charge < -0.3 is 24.7 Å². The van der Waals surface area contributed by atoms with Crippen LogP contribution < -0.4 is 10.6 Å². The topological polar surface area (TPSA) is 85.6 Å². The minimum atomic E-state index is 0. The third kappa shape index (κ3) is 5.28. The number of guanidine groups is 1. The summed E-state index contributed by atoms with van der Waals surface area (Å²) in [6.45, 7) is 5.59. The first kappa shape index (κ1) is 19.4. The zero-order chi connectivity index (χ0) is 16.1. The van der Waals surface area contributed by atoms with Gasteiger partial charge >= 0.3 is 0 Å². The summed E-state index contributed by atoms with van der Waals surface area (Å²) in [7, 11) is 1.96. The molecule has 0 radical (unpaired) electrons. The van der Waals surface area contributed by atoms with Gasteiger partial charge in [0, 0.05) is 26.8 Å². The van der Waals surface area contributed by atoms with Crippen molar-refractivity contribution in [2.24, 2.45) is 12.0 Å². The van der Waals surface area contributed by atoms with E-state index in [1.54, 1.807) is 0 Å². The van der Waals surface area contributed by atoms with Crippen molar-refractivity contribution >= 4 is 29.9 Å². The molecule has 2 aliphatic heterocycles. The normalized spacial score (nSPS) is 24.0. The highest BCUT2D eigenvalue weighted by Gasteiger charge is 2.19. The van der Waals surface area contributed by atoms with E-state index in [1.165, 1.54) is 0 Å². The van der Waals surface area contributed by atoms with Gasteiger partial charge in [-0.2, -0.15) is 0 Å². The van der Waals surface area contributed by atoms with Crippen LogP contribution in [0.3, 0.4) is 0 Å². The molecule has 8 nitrogen and oxygen atoms in total. The predicted molar refractivity (Wildman–Crippen MR) is 102 cm³/mol. The number of nitrogens with zero attached hydrogens (tertiary/aromatic N) is 4. The van der Waals surface area contributed by atoms with Gasteiger partial charge in [-0.05, 0) is 26.2 Å². The summed E-state index contributed by atoms with van der Waals surface area (Å²) in [5.74, 6) is 2.53. The zero-order valence-corrected chi connectivity index (χ0v) is 16.7. The molecule has 3 rings (SSSR count). The summed E-state index contributed by atoms with van der Waals surface area (Å²) in [5.41, 5.74) is 0. The van der Waals surface area contributed by atoms with Crippen molar-refractivity contribution < 1.29 is 9.47 Å². The van der Waals surface area contributed by atoms with E-state index in [0.29, 0.717) is 12.6 Å². The van der Waals surface area contributed by atoms with Crippen LogP contribution in [0.5, 0.6) is 0 Å². The van der Waals surface area contributed by atoms with Crippen LogP contribution in [0, 0.1) is 6.92 Å². The first-order chi connectivity index (χ1) is 11.2. The number of aryl methyl sites for hydroxylation is 1. The predicted octanol–water partition coefficient (Wildman–Crippen LogP) is 0.745. The molecular formula is C15H27IN6O2.